The van der Waals surface area contributed by atoms with Crippen LogP contribution < -0.4 is 10.7 Å². The van der Waals surface area contributed by atoms with Gasteiger partial charge in [-0.15, -0.1) is 0 Å². The Bertz CT molecular complexity index is 899. The fourth-order valence-corrected chi connectivity index (χ4v) is 2.84. The number of nitriles is 2. The van der Waals surface area contributed by atoms with E-state index in [9.17, 15) is 5.26 Å². The van der Waals surface area contributed by atoms with Crippen LogP contribution in [0.1, 0.15) is 18.4 Å². The van der Waals surface area contributed by atoms with Crippen molar-refractivity contribution in [1.29, 1.82) is 10.5 Å². The van der Waals surface area contributed by atoms with Gasteiger partial charge in [-0.05, 0) is 31.0 Å². The summed E-state index contributed by atoms with van der Waals surface area (Å²) >= 11 is 6.22. The van der Waals surface area contributed by atoms with Crippen LogP contribution in [0.25, 0.3) is 0 Å². The SMILES string of the molecule is N#Cc1ccc(Cl)c(NC2=CC(=NC3CC3)C3=NCC(C#N)N3N2)c1. The third-order valence-corrected chi connectivity index (χ3v) is 4.42. The predicted octanol–water partition coefficient (Wildman–Crippen LogP) is 2.19. The zero-order valence-electron chi connectivity index (χ0n) is 13.2. The van der Waals surface area contributed by atoms with Crippen LogP contribution in [0.3, 0.4) is 0 Å². The van der Waals surface area contributed by atoms with Crippen molar-refractivity contribution < 1.29 is 0 Å². The van der Waals surface area contributed by atoms with Gasteiger partial charge < -0.3 is 5.32 Å². The molecule has 2 aliphatic heterocycles. The number of rotatable bonds is 3. The molecule has 2 heterocycles. The molecule has 2 N–H and O–H groups in total. The molecule has 0 amide bonds. The number of halogens is 1. The monoisotopic (exact) mass is 351 g/mol. The molecule has 1 atom stereocenters. The van der Waals surface area contributed by atoms with E-state index in [0.29, 0.717) is 40.5 Å². The summed E-state index contributed by atoms with van der Waals surface area (Å²) in [7, 11) is 0. The van der Waals surface area contributed by atoms with Gasteiger partial charge in [-0.1, -0.05) is 11.6 Å². The second-order valence-corrected chi connectivity index (χ2v) is 6.43. The minimum absolute atomic E-state index is 0.335. The van der Waals surface area contributed by atoms with Gasteiger partial charge in [0.25, 0.3) is 0 Å². The van der Waals surface area contributed by atoms with Crippen LogP contribution in [0.5, 0.6) is 0 Å². The van der Waals surface area contributed by atoms with E-state index in [1.807, 2.05) is 6.08 Å². The zero-order valence-corrected chi connectivity index (χ0v) is 14.0. The standard InChI is InChI=1S/C17H14ClN7/c18-13-4-1-10(7-19)5-14(13)23-16-6-15(22-11-2-3-11)17-21-9-12(8-20)25(17)24-16/h1,4-6,11-12,23-24H,2-3,9H2. The van der Waals surface area contributed by atoms with Crippen molar-refractivity contribution in [2.24, 2.45) is 9.98 Å². The number of hydrazine groups is 1. The lowest BCUT2D eigenvalue weighted by Crippen LogP contribution is -2.52. The Morgan fingerprint density at radius 2 is 2.20 bits per heavy atom. The van der Waals surface area contributed by atoms with Crippen LogP contribution in [-0.2, 0) is 0 Å². The Kier molecular flexibility index (Phi) is 3.79. The summed E-state index contributed by atoms with van der Waals surface area (Å²) in [6.45, 7) is 0.411. The lowest BCUT2D eigenvalue weighted by molar-refractivity contribution is 0.328. The highest BCUT2D eigenvalue weighted by atomic mass is 35.5. The van der Waals surface area contributed by atoms with Gasteiger partial charge >= 0.3 is 0 Å². The second kappa shape index (κ2) is 6.12. The summed E-state index contributed by atoms with van der Waals surface area (Å²) in [5.74, 6) is 1.33. The van der Waals surface area contributed by atoms with Gasteiger partial charge in [0.15, 0.2) is 11.9 Å². The first-order valence-electron chi connectivity index (χ1n) is 7.94. The van der Waals surface area contributed by atoms with Crippen molar-refractivity contribution in [3.63, 3.8) is 0 Å². The van der Waals surface area contributed by atoms with Crippen LogP contribution in [-0.4, -0.2) is 35.2 Å². The Morgan fingerprint density at radius 1 is 1.36 bits per heavy atom. The molecule has 25 heavy (non-hydrogen) atoms. The molecule has 1 aliphatic carbocycles. The topological polar surface area (TPSA) is 99.6 Å². The minimum atomic E-state index is -0.384. The average molecular weight is 352 g/mol. The summed E-state index contributed by atoms with van der Waals surface area (Å²) < 4.78 is 0. The Hall–Kier alpha value is -3.03. The molecule has 3 aliphatic rings. The van der Waals surface area contributed by atoms with Gasteiger partial charge in [0, 0.05) is 6.08 Å². The third-order valence-electron chi connectivity index (χ3n) is 4.09. The highest BCUT2D eigenvalue weighted by molar-refractivity contribution is 6.46. The lowest BCUT2D eigenvalue weighted by atomic mass is 10.2. The van der Waals surface area contributed by atoms with E-state index in [2.05, 4.69) is 27.9 Å². The Labute approximate surface area is 149 Å². The first-order chi connectivity index (χ1) is 12.2. The van der Waals surface area contributed by atoms with Crippen molar-refractivity contribution in [2.45, 2.75) is 24.9 Å². The third kappa shape index (κ3) is 3.02. The highest BCUT2D eigenvalue weighted by Crippen LogP contribution is 2.27. The maximum absolute atomic E-state index is 9.33. The molecule has 1 aromatic rings. The first kappa shape index (κ1) is 15.5. The van der Waals surface area contributed by atoms with E-state index < -0.39 is 0 Å². The number of amidine groups is 1. The summed E-state index contributed by atoms with van der Waals surface area (Å²) in [4.78, 5) is 9.14. The van der Waals surface area contributed by atoms with E-state index >= 15 is 0 Å². The fraction of sp³-hybridized carbons (Fsp3) is 0.294. The van der Waals surface area contributed by atoms with E-state index in [4.69, 9.17) is 21.9 Å². The van der Waals surface area contributed by atoms with Crippen LogP contribution in [0.15, 0.2) is 40.1 Å². The number of hydrogen-bond donors (Lipinski definition) is 2. The highest BCUT2D eigenvalue weighted by Gasteiger charge is 2.35. The molecule has 4 rings (SSSR count). The minimum Gasteiger partial charge on any atom is -0.339 e. The fourth-order valence-electron chi connectivity index (χ4n) is 2.67. The lowest BCUT2D eigenvalue weighted by Gasteiger charge is -2.31. The van der Waals surface area contributed by atoms with Gasteiger partial charge in [0.05, 0.1) is 41.0 Å². The zero-order chi connectivity index (χ0) is 17.4. The van der Waals surface area contributed by atoms with Crippen molar-refractivity contribution in [3.05, 3.63) is 40.7 Å². The number of benzene rings is 1. The molecule has 7 nitrogen and oxygen atoms in total. The largest absolute Gasteiger partial charge is 0.339 e. The van der Waals surface area contributed by atoms with E-state index in [-0.39, 0.29) is 6.04 Å². The van der Waals surface area contributed by atoms with Crippen molar-refractivity contribution >= 4 is 28.8 Å². The van der Waals surface area contributed by atoms with Crippen LogP contribution in [0.2, 0.25) is 5.02 Å². The molecular formula is C17H14ClN7. The summed E-state index contributed by atoms with van der Waals surface area (Å²) in [6.07, 6.45) is 4.03. The maximum Gasteiger partial charge on any atom is 0.169 e. The summed E-state index contributed by atoms with van der Waals surface area (Å²) in [6, 6.07) is 9.29. The number of aliphatic imine (C=N–C) groups is 2. The van der Waals surface area contributed by atoms with Gasteiger partial charge in [-0.2, -0.15) is 10.5 Å². The molecule has 1 unspecified atom stereocenters. The molecule has 0 radical (unpaired) electrons. The number of hydrogen-bond acceptors (Lipinski definition) is 7. The van der Waals surface area contributed by atoms with Crippen molar-refractivity contribution in [1.82, 2.24) is 10.4 Å². The van der Waals surface area contributed by atoms with E-state index in [1.54, 1.807) is 23.2 Å². The Balaban J connectivity index is 1.66. The molecule has 0 aromatic heterocycles. The molecule has 0 spiro atoms. The summed E-state index contributed by atoms with van der Waals surface area (Å²) in [5.41, 5.74) is 5.04. The number of anilines is 1. The molecule has 1 saturated carbocycles. The molecule has 124 valence electrons. The van der Waals surface area contributed by atoms with Crippen molar-refractivity contribution in [2.75, 3.05) is 11.9 Å². The average Bonchev–Trinajstić information content (AvgIpc) is 3.33. The molecule has 1 fully saturated rings. The quantitative estimate of drug-likeness (QED) is 0.869. The predicted molar refractivity (Wildman–Crippen MR) is 95.0 cm³/mol. The number of nitrogens with one attached hydrogen (secondary N) is 2. The van der Waals surface area contributed by atoms with Gasteiger partial charge in [-0.25, -0.2) is 5.01 Å². The Morgan fingerprint density at radius 3 is 2.92 bits per heavy atom. The first-order valence-corrected chi connectivity index (χ1v) is 8.32. The van der Waals surface area contributed by atoms with E-state index in [0.717, 1.165) is 18.6 Å². The molecular weight excluding hydrogens is 338 g/mol. The van der Waals surface area contributed by atoms with Crippen LogP contribution in [0, 0.1) is 22.7 Å². The van der Waals surface area contributed by atoms with Gasteiger partial charge in [0.2, 0.25) is 0 Å². The maximum atomic E-state index is 9.33. The molecule has 1 aromatic carbocycles. The number of nitrogens with zero attached hydrogens (tertiary/aromatic N) is 5. The van der Waals surface area contributed by atoms with Crippen molar-refractivity contribution in [3.8, 4) is 12.1 Å². The normalized spacial score (nSPS) is 23.1. The van der Waals surface area contributed by atoms with Gasteiger partial charge in [0.1, 0.15) is 11.5 Å². The van der Waals surface area contributed by atoms with Crippen LogP contribution >= 0.6 is 11.6 Å². The van der Waals surface area contributed by atoms with Crippen LogP contribution in [0.4, 0.5) is 5.69 Å². The second-order valence-electron chi connectivity index (χ2n) is 6.03. The smallest absolute Gasteiger partial charge is 0.169 e. The van der Waals surface area contributed by atoms with Gasteiger partial charge in [-0.3, -0.25) is 15.4 Å². The van der Waals surface area contributed by atoms with E-state index in [1.165, 1.54) is 0 Å². The summed E-state index contributed by atoms with van der Waals surface area (Å²) in [5, 5.41) is 23.8. The molecule has 0 saturated heterocycles. The number of fused-ring (bicyclic) bond motifs is 1. The molecule has 0 bridgehead atoms. The molecule has 8 heteroatoms.